The third kappa shape index (κ3) is 3.47. The molecule has 1 aromatic carbocycles. The molecule has 0 saturated carbocycles. The molecule has 0 spiro atoms. The highest BCUT2D eigenvalue weighted by molar-refractivity contribution is 5.94. The van der Waals surface area contributed by atoms with Crippen LogP contribution in [0.4, 0.5) is 0 Å². The van der Waals surface area contributed by atoms with E-state index in [1.807, 2.05) is 50.1 Å². The monoisotopic (exact) mass is 262 g/mol. The summed E-state index contributed by atoms with van der Waals surface area (Å²) in [5, 5.41) is 3.28. The summed E-state index contributed by atoms with van der Waals surface area (Å²) in [7, 11) is 1.87. The highest BCUT2D eigenvalue weighted by Crippen LogP contribution is 2.16. The first-order valence-corrected chi connectivity index (χ1v) is 6.82. The van der Waals surface area contributed by atoms with Crippen LogP contribution in [0.2, 0.25) is 0 Å². The van der Waals surface area contributed by atoms with E-state index in [9.17, 15) is 4.79 Å². The maximum atomic E-state index is 12.3. The smallest absolute Gasteiger partial charge is 0.253 e. The van der Waals surface area contributed by atoms with Gasteiger partial charge in [0, 0.05) is 25.2 Å². The van der Waals surface area contributed by atoms with E-state index in [-0.39, 0.29) is 12.0 Å². The average molecular weight is 262 g/mol. The zero-order chi connectivity index (χ0) is 13.8. The Morgan fingerprint density at radius 2 is 2.05 bits per heavy atom. The number of likely N-dealkylation sites (N-methyl/N-ethyl adjacent to an activating group) is 1. The molecule has 1 atom stereocenters. The molecule has 4 nitrogen and oxygen atoms in total. The van der Waals surface area contributed by atoms with Crippen LogP contribution in [0.5, 0.6) is 5.75 Å². The van der Waals surface area contributed by atoms with E-state index in [1.54, 1.807) is 0 Å². The van der Waals surface area contributed by atoms with Gasteiger partial charge in [-0.25, -0.2) is 0 Å². The number of ether oxygens (including phenoxy) is 1. The lowest BCUT2D eigenvalue weighted by atomic mass is 10.1. The number of benzene rings is 1. The Kier molecular flexibility index (Phi) is 4.43. The quantitative estimate of drug-likeness (QED) is 0.901. The van der Waals surface area contributed by atoms with Gasteiger partial charge in [0.2, 0.25) is 0 Å². The summed E-state index contributed by atoms with van der Waals surface area (Å²) in [5.41, 5.74) is 0.713. The van der Waals surface area contributed by atoms with Crippen LogP contribution in [-0.2, 0) is 0 Å². The van der Waals surface area contributed by atoms with Crippen LogP contribution < -0.4 is 10.1 Å². The Labute approximate surface area is 114 Å². The Hall–Kier alpha value is -1.55. The summed E-state index contributed by atoms with van der Waals surface area (Å²) < 4.78 is 5.57. The fourth-order valence-electron chi connectivity index (χ4n) is 2.29. The minimum absolute atomic E-state index is 0.0739. The molecule has 1 amide bonds. The molecule has 0 radical (unpaired) electrons. The number of nitrogens with one attached hydrogen (secondary N) is 1. The van der Waals surface area contributed by atoms with Gasteiger partial charge < -0.3 is 15.0 Å². The van der Waals surface area contributed by atoms with Crippen LogP contribution in [0.15, 0.2) is 24.3 Å². The molecule has 1 aliphatic heterocycles. The van der Waals surface area contributed by atoms with E-state index in [1.165, 1.54) is 0 Å². The maximum Gasteiger partial charge on any atom is 0.253 e. The zero-order valence-corrected chi connectivity index (χ0v) is 11.8. The molecule has 0 aliphatic carbocycles. The van der Waals surface area contributed by atoms with Crippen molar-refractivity contribution in [2.24, 2.45) is 0 Å². The second-order valence-corrected chi connectivity index (χ2v) is 5.25. The molecule has 1 heterocycles. The van der Waals surface area contributed by atoms with Crippen molar-refractivity contribution in [1.29, 1.82) is 0 Å². The lowest BCUT2D eigenvalue weighted by molar-refractivity contribution is 0.0744. The lowest BCUT2D eigenvalue weighted by Gasteiger charge is -2.23. The van der Waals surface area contributed by atoms with E-state index in [0.29, 0.717) is 11.6 Å². The molecular formula is C15H22N2O2. The van der Waals surface area contributed by atoms with Crippen molar-refractivity contribution >= 4 is 5.91 Å². The van der Waals surface area contributed by atoms with Gasteiger partial charge in [0.15, 0.2) is 0 Å². The highest BCUT2D eigenvalue weighted by atomic mass is 16.5. The predicted molar refractivity (Wildman–Crippen MR) is 75.6 cm³/mol. The number of nitrogens with zero attached hydrogens (tertiary/aromatic N) is 1. The first-order valence-electron chi connectivity index (χ1n) is 6.82. The molecule has 2 rings (SSSR count). The van der Waals surface area contributed by atoms with Gasteiger partial charge in [-0.2, -0.15) is 0 Å². The summed E-state index contributed by atoms with van der Waals surface area (Å²) in [6.07, 6.45) is 1.17. The van der Waals surface area contributed by atoms with E-state index in [2.05, 4.69) is 5.32 Å². The van der Waals surface area contributed by atoms with Gasteiger partial charge in [-0.05, 0) is 51.1 Å². The number of hydrogen-bond acceptors (Lipinski definition) is 3. The summed E-state index contributed by atoms with van der Waals surface area (Å²) in [4.78, 5) is 14.2. The first kappa shape index (κ1) is 13.9. The zero-order valence-electron chi connectivity index (χ0n) is 11.8. The molecule has 4 heteroatoms. The first-order chi connectivity index (χ1) is 9.08. The topological polar surface area (TPSA) is 41.6 Å². The van der Waals surface area contributed by atoms with Crippen molar-refractivity contribution in [2.45, 2.75) is 32.4 Å². The predicted octanol–water partition coefficient (Wildman–Crippen LogP) is 1.91. The van der Waals surface area contributed by atoms with Crippen molar-refractivity contribution < 1.29 is 9.53 Å². The largest absolute Gasteiger partial charge is 0.491 e. The molecule has 1 aliphatic rings. The number of carbonyl (C=O) groups is 1. The van der Waals surface area contributed by atoms with E-state index in [0.717, 1.165) is 25.3 Å². The number of carbonyl (C=O) groups excluding carboxylic acids is 1. The number of hydrogen-bond donors (Lipinski definition) is 1. The van der Waals surface area contributed by atoms with E-state index >= 15 is 0 Å². The van der Waals surface area contributed by atoms with Crippen molar-refractivity contribution in [3.63, 3.8) is 0 Å². The Morgan fingerprint density at radius 3 is 2.58 bits per heavy atom. The Bertz CT molecular complexity index is 422. The van der Waals surface area contributed by atoms with Crippen molar-refractivity contribution in [3.8, 4) is 5.75 Å². The van der Waals surface area contributed by atoms with Gasteiger partial charge in [-0.15, -0.1) is 0 Å². The minimum Gasteiger partial charge on any atom is -0.491 e. The summed E-state index contributed by atoms with van der Waals surface area (Å²) >= 11 is 0. The minimum atomic E-state index is 0.0739. The van der Waals surface area contributed by atoms with Gasteiger partial charge in [0.25, 0.3) is 5.91 Å². The summed E-state index contributed by atoms with van der Waals surface area (Å²) in [5.74, 6) is 0.876. The molecule has 0 bridgehead atoms. The Morgan fingerprint density at radius 1 is 1.37 bits per heavy atom. The Balaban J connectivity index is 2.02. The standard InChI is InChI=1S/C15H22N2O2/c1-11(2)19-14-6-4-12(5-7-14)15(18)17(3)13-8-9-16-10-13/h4-7,11,13,16H,8-10H2,1-3H3/t13-/m1/s1. The molecule has 0 aromatic heterocycles. The number of amides is 1. The molecule has 1 aromatic rings. The molecule has 0 unspecified atom stereocenters. The second kappa shape index (κ2) is 6.06. The van der Waals surface area contributed by atoms with Gasteiger partial charge in [-0.3, -0.25) is 4.79 Å². The molecule has 1 fully saturated rings. The third-order valence-electron chi connectivity index (χ3n) is 3.38. The van der Waals surface area contributed by atoms with Crippen molar-refractivity contribution in [3.05, 3.63) is 29.8 Å². The van der Waals surface area contributed by atoms with Crippen LogP contribution in [0.1, 0.15) is 30.6 Å². The van der Waals surface area contributed by atoms with Crippen LogP contribution >= 0.6 is 0 Å². The van der Waals surface area contributed by atoms with Gasteiger partial charge >= 0.3 is 0 Å². The van der Waals surface area contributed by atoms with Crippen molar-refractivity contribution in [2.75, 3.05) is 20.1 Å². The van der Waals surface area contributed by atoms with Gasteiger partial charge in [0.05, 0.1) is 6.10 Å². The molecule has 19 heavy (non-hydrogen) atoms. The summed E-state index contributed by atoms with van der Waals surface area (Å²) in [6.45, 7) is 5.85. The highest BCUT2D eigenvalue weighted by Gasteiger charge is 2.23. The van der Waals surface area contributed by atoms with E-state index in [4.69, 9.17) is 4.74 Å². The van der Waals surface area contributed by atoms with Gasteiger partial charge in [-0.1, -0.05) is 0 Å². The third-order valence-corrected chi connectivity index (χ3v) is 3.38. The van der Waals surface area contributed by atoms with Crippen LogP contribution in [0.25, 0.3) is 0 Å². The van der Waals surface area contributed by atoms with Gasteiger partial charge in [0.1, 0.15) is 5.75 Å². The van der Waals surface area contributed by atoms with Crippen molar-refractivity contribution in [1.82, 2.24) is 10.2 Å². The fraction of sp³-hybridized carbons (Fsp3) is 0.533. The molecule has 104 valence electrons. The average Bonchev–Trinajstić information content (AvgIpc) is 2.91. The maximum absolute atomic E-state index is 12.3. The fourth-order valence-corrected chi connectivity index (χ4v) is 2.29. The molecular weight excluding hydrogens is 240 g/mol. The van der Waals surface area contributed by atoms with Crippen LogP contribution in [0.3, 0.4) is 0 Å². The number of rotatable bonds is 4. The SMILES string of the molecule is CC(C)Oc1ccc(C(=O)N(C)[C@@H]2CCNC2)cc1. The van der Waals surface area contributed by atoms with Crippen LogP contribution in [-0.4, -0.2) is 43.1 Å². The van der Waals surface area contributed by atoms with E-state index < -0.39 is 0 Å². The normalized spacial score (nSPS) is 18.6. The van der Waals surface area contributed by atoms with Crippen LogP contribution in [0, 0.1) is 0 Å². The summed E-state index contributed by atoms with van der Waals surface area (Å²) in [6, 6.07) is 7.68. The lowest BCUT2D eigenvalue weighted by Crippen LogP contribution is -2.38. The molecule has 1 N–H and O–H groups in total. The molecule has 1 saturated heterocycles. The second-order valence-electron chi connectivity index (χ2n) is 5.25.